The van der Waals surface area contributed by atoms with Crippen molar-refractivity contribution in [3.8, 4) is 0 Å². The Balaban J connectivity index is 1.57. The predicted octanol–water partition coefficient (Wildman–Crippen LogP) is -3.71. The molecule has 50 heavy (non-hydrogen) atoms. The zero-order valence-electron chi connectivity index (χ0n) is 25.9. The molecule has 0 radical (unpaired) electrons. The van der Waals surface area contributed by atoms with E-state index in [9.17, 15) is 58.0 Å². The second-order valence-corrected chi connectivity index (χ2v) is 15.8. The second kappa shape index (κ2) is 17.3. The molecular weight excluding hydrogens is 761 g/mol. The fraction of sp³-hybridized carbons (Fsp3) is 0.667. The van der Waals surface area contributed by atoms with Gasteiger partial charge in [-0.05, 0) is 0 Å². The highest BCUT2D eigenvalue weighted by atomic mass is 32.2. The summed E-state index contributed by atoms with van der Waals surface area (Å²) in [5.74, 6) is -1.35. The number of aromatic nitrogens is 4. The standard InChI is InChI=1S/C21H35N8O17P3S/c1-21(2,16(32)19(33)24-4-3-12(30)23-5-6-50-28-34)8-43-49(40,41)46-48(38,39)42-7-11-15(45-47(35,36)37)14(31)20(44-11)29-10-27-13-17(22)25-9-26-18(13)29/h9-11,14-16,20,31-32H,3-8H2,1-2H3,(H,23,30)(H,24,33)(H,38,39)(H,40,41)(H2,22,25,26)(H2,35,36,37)/p-4/t11-,14-,15-,16+,20-/m1/s1. The third-order valence-electron chi connectivity index (χ3n) is 6.62. The van der Waals surface area contributed by atoms with Gasteiger partial charge in [0.2, 0.25) is 11.8 Å². The van der Waals surface area contributed by atoms with Gasteiger partial charge in [0.05, 0.1) is 27.4 Å². The third-order valence-corrected chi connectivity index (χ3v) is 10.1. The molecule has 29 heteroatoms. The zero-order valence-corrected chi connectivity index (χ0v) is 29.4. The van der Waals surface area contributed by atoms with Crippen molar-refractivity contribution < 1.29 is 75.7 Å². The quantitative estimate of drug-likeness (QED) is 0.0372. The first kappa shape index (κ1) is 41.9. The number of carbonyl (C=O) groups excluding carboxylic acids is 2. The monoisotopic (exact) mass is 792 g/mol. The van der Waals surface area contributed by atoms with Crippen LogP contribution in [-0.4, -0.2) is 98.0 Å². The van der Waals surface area contributed by atoms with Crippen LogP contribution in [-0.2, 0) is 45.9 Å². The maximum absolute atomic E-state index is 12.4. The molecule has 1 aliphatic heterocycles. The van der Waals surface area contributed by atoms with Crippen molar-refractivity contribution in [3.63, 3.8) is 0 Å². The number of nitrogens with two attached hydrogens (primary N) is 1. The summed E-state index contributed by atoms with van der Waals surface area (Å²) in [6.45, 7) is 0.0168. The van der Waals surface area contributed by atoms with Gasteiger partial charge in [0.1, 0.15) is 36.3 Å². The number of anilines is 1. The van der Waals surface area contributed by atoms with E-state index in [0.717, 1.165) is 17.2 Å². The van der Waals surface area contributed by atoms with Crippen LogP contribution >= 0.6 is 35.4 Å². The van der Waals surface area contributed by atoms with Gasteiger partial charge in [-0.15, -0.1) is 4.91 Å². The Morgan fingerprint density at radius 2 is 1.82 bits per heavy atom. The van der Waals surface area contributed by atoms with Crippen molar-refractivity contribution in [2.24, 2.45) is 10.00 Å². The summed E-state index contributed by atoms with van der Waals surface area (Å²) >= 11 is 0.699. The number of hydrogen-bond donors (Lipinski definition) is 5. The molecule has 2 unspecified atom stereocenters. The van der Waals surface area contributed by atoms with Crippen molar-refractivity contribution in [1.29, 1.82) is 0 Å². The fourth-order valence-corrected chi connectivity index (χ4v) is 7.19. The van der Waals surface area contributed by atoms with E-state index in [1.54, 1.807) is 0 Å². The lowest BCUT2D eigenvalue weighted by Gasteiger charge is -2.36. The topological polar surface area (TPSA) is 387 Å². The summed E-state index contributed by atoms with van der Waals surface area (Å²) in [6.07, 6.45) is -7.59. The number of hydrogen-bond acceptors (Lipinski definition) is 23. The number of fused-ring (bicyclic) bond motifs is 1. The van der Waals surface area contributed by atoms with E-state index >= 15 is 0 Å². The highest BCUT2D eigenvalue weighted by molar-refractivity contribution is 7.97. The molecule has 0 saturated carbocycles. The highest BCUT2D eigenvalue weighted by Gasteiger charge is 2.47. The molecule has 282 valence electrons. The number of nitroso groups, excluding NO2 is 1. The largest absolute Gasteiger partial charge is 0.790 e. The molecule has 1 aliphatic rings. The van der Waals surface area contributed by atoms with Gasteiger partial charge in [-0.3, -0.25) is 23.3 Å². The fourth-order valence-electron chi connectivity index (χ4n) is 4.19. The number of ether oxygens (including phenoxy) is 1. The molecule has 3 rings (SSSR count). The van der Waals surface area contributed by atoms with Gasteiger partial charge in [0.25, 0.3) is 15.6 Å². The molecule has 7 atom stereocenters. The number of aliphatic hydroxyl groups is 2. The van der Waals surface area contributed by atoms with Crippen molar-refractivity contribution in [1.82, 2.24) is 30.2 Å². The van der Waals surface area contributed by atoms with Crippen LogP contribution in [0.1, 0.15) is 26.5 Å². The van der Waals surface area contributed by atoms with Crippen molar-refractivity contribution in [2.45, 2.75) is 50.9 Å². The van der Waals surface area contributed by atoms with Crippen LogP contribution < -0.4 is 35.9 Å². The Kier molecular flexibility index (Phi) is 14.5. The Labute approximate surface area is 286 Å². The van der Waals surface area contributed by atoms with Crippen LogP contribution in [0.15, 0.2) is 17.2 Å². The minimum Gasteiger partial charge on any atom is -0.790 e. The van der Waals surface area contributed by atoms with Crippen LogP contribution in [0.2, 0.25) is 0 Å². The van der Waals surface area contributed by atoms with Gasteiger partial charge in [-0.2, -0.15) is 0 Å². The SMILES string of the molecule is CC(C)(COP(=O)([O-])OP(=O)([O-])OC[C@H]1O[C@@H](n2cnc3c(N)ncnc32)[C@H](O)[C@@H]1OP(=O)([O-])[O-])[C@@H](O)C(=O)NCCC(=O)NCCSN=O. The predicted molar refractivity (Wildman–Crippen MR) is 159 cm³/mol. The van der Waals surface area contributed by atoms with Crippen LogP contribution in [0.3, 0.4) is 0 Å². The van der Waals surface area contributed by atoms with Gasteiger partial charge in [-0.25, -0.2) is 19.3 Å². The molecule has 1 fully saturated rings. The summed E-state index contributed by atoms with van der Waals surface area (Å²) in [5, 5.41) is 25.9. The molecule has 25 nitrogen and oxygen atoms in total. The Morgan fingerprint density at radius 1 is 1.14 bits per heavy atom. The van der Waals surface area contributed by atoms with Crippen molar-refractivity contribution in [3.05, 3.63) is 17.6 Å². The first-order valence-corrected chi connectivity index (χ1v) is 19.3. The molecule has 0 spiro atoms. The lowest BCUT2D eigenvalue weighted by atomic mass is 9.87. The van der Waals surface area contributed by atoms with Crippen LogP contribution in [0.25, 0.3) is 11.2 Å². The van der Waals surface area contributed by atoms with Gasteiger partial charge in [0, 0.05) is 47.2 Å². The molecule has 2 aromatic heterocycles. The Hall–Kier alpha value is -2.51. The molecule has 0 aromatic carbocycles. The molecule has 2 amide bonds. The third kappa shape index (κ3) is 12.0. The van der Waals surface area contributed by atoms with Gasteiger partial charge in [-0.1, -0.05) is 13.8 Å². The molecule has 0 aliphatic carbocycles. The molecule has 1 saturated heterocycles. The zero-order chi connectivity index (χ0) is 37.5. The lowest BCUT2D eigenvalue weighted by Crippen LogP contribution is -2.46. The van der Waals surface area contributed by atoms with Crippen LogP contribution in [0.5, 0.6) is 0 Å². The van der Waals surface area contributed by atoms with Crippen molar-refractivity contribution in [2.75, 3.05) is 37.8 Å². The van der Waals surface area contributed by atoms with E-state index in [1.165, 1.54) is 13.8 Å². The van der Waals surface area contributed by atoms with Gasteiger partial charge in [0.15, 0.2) is 17.7 Å². The summed E-state index contributed by atoms with van der Waals surface area (Å²) in [6, 6.07) is 0. The highest BCUT2D eigenvalue weighted by Crippen LogP contribution is 2.56. The second-order valence-electron chi connectivity index (χ2n) is 10.9. The smallest absolute Gasteiger partial charge is 0.274 e. The van der Waals surface area contributed by atoms with Crippen LogP contribution in [0, 0.1) is 10.3 Å². The number of nitrogens with one attached hydrogen (secondary N) is 2. The minimum atomic E-state index is -5.90. The number of nitrogen functional groups attached to an aromatic ring is 1. The Morgan fingerprint density at radius 3 is 2.48 bits per heavy atom. The van der Waals surface area contributed by atoms with E-state index in [1.807, 2.05) is 0 Å². The summed E-state index contributed by atoms with van der Waals surface area (Å²) in [7, 11) is -17.6. The maximum Gasteiger partial charge on any atom is 0.274 e. The maximum atomic E-state index is 12.4. The Bertz CT molecular complexity index is 1660. The number of phosphoric acid groups is 3. The number of imidazole rings is 1. The molecule has 0 bridgehead atoms. The van der Waals surface area contributed by atoms with Crippen molar-refractivity contribution >= 4 is 64.2 Å². The number of nitrogens with zero attached hydrogens (tertiary/aromatic N) is 5. The molecule has 3 heterocycles. The lowest BCUT2D eigenvalue weighted by molar-refractivity contribution is -0.347. The van der Waals surface area contributed by atoms with E-state index < -0.39 is 84.6 Å². The molecular formula is C21H31N8O17P3S-4. The minimum absolute atomic E-state index is 0.0227. The van der Waals surface area contributed by atoms with E-state index in [4.69, 9.17) is 10.5 Å². The van der Waals surface area contributed by atoms with Gasteiger partial charge < -0.3 is 69.0 Å². The number of phosphoric ester groups is 3. The average molecular weight is 793 g/mol. The molecule has 2 aromatic rings. The van der Waals surface area contributed by atoms with E-state index in [-0.39, 0.29) is 42.2 Å². The number of rotatable bonds is 20. The van der Waals surface area contributed by atoms with E-state index in [0.29, 0.717) is 11.9 Å². The number of carbonyl (C=O) groups is 2. The first-order chi connectivity index (χ1) is 23.2. The normalized spacial score (nSPS) is 22.8. The first-order valence-electron chi connectivity index (χ1n) is 13.9. The van der Waals surface area contributed by atoms with Crippen LogP contribution in [0.4, 0.5) is 5.82 Å². The summed E-state index contributed by atoms with van der Waals surface area (Å²) in [5.41, 5.74) is 4.05. The van der Waals surface area contributed by atoms with Gasteiger partial charge >= 0.3 is 0 Å². The average Bonchev–Trinajstić information content (AvgIpc) is 3.57. The number of amides is 2. The summed E-state index contributed by atoms with van der Waals surface area (Å²) < 4.78 is 62.7. The molecule has 6 N–H and O–H groups in total. The summed E-state index contributed by atoms with van der Waals surface area (Å²) in [4.78, 5) is 93.2. The van der Waals surface area contributed by atoms with E-state index in [2.05, 4.69) is 48.0 Å². The number of aliphatic hydroxyl groups excluding tert-OH is 2.